The van der Waals surface area contributed by atoms with Gasteiger partial charge in [0.15, 0.2) is 0 Å². The van der Waals surface area contributed by atoms with Gasteiger partial charge in [0, 0.05) is 60.8 Å². The minimum Gasteiger partial charge on any atom is -0.352 e. The minimum atomic E-state index is -4.09. The number of thiol groups is 1. The number of nitrogens with zero attached hydrogens (tertiary/aromatic N) is 1. The summed E-state index contributed by atoms with van der Waals surface area (Å²) in [5.74, 6) is 0.102. The van der Waals surface area contributed by atoms with Gasteiger partial charge < -0.3 is 10.2 Å². The zero-order valence-electron chi connectivity index (χ0n) is 23.6. The minimum absolute atomic E-state index is 0.0243. The SMILES string of the molecule is CCCCC(=O)N(CCC(=O)N[C@@H](CS)CC(C)C)Cc1ccc(-c2ccccc2S(=O)(=O)NC(C)=O)c(Cl)c1. The van der Waals surface area contributed by atoms with Gasteiger partial charge in [-0.25, -0.2) is 13.1 Å². The van der Waals surface area contributed by atoms with Crippen LogP contribution >= 0.6 is 24.2 Å². The molecule has 0 aliphatic heterocycles. The Labute approximate surface area is 248 Å². The van der Waals surface area contributed by atoms with Gasteiger partial charge in [0.25, 0.3) is 10.0 Å². The first-order valence-corrected chi connectivity index (χ1v) is 16.0. The van der Waals surface area contributed by atoms with E-state index in [-0.39, 0.29) is 42.3 Å². The highest BCUT2D eigenvalue weighted by molar-refractivity contribution is 7.90. The molecule has 8 nitrogen and oxygen atoms in total. The zero-order chi connectivity index (χ0) is 29.9. The Morgan fingerprint density at radius 2 is 1.75 bits per heavy atom. The van der Waals surface area contributed by atoms with Crippen LogP contribution in [0.5, 0.6) is 0 Å². The van der Waals surface area contributed by atoms with Gasteiger partial charge in [-0.2, -0.15) is 12.6 Å². The lowest BCUT2D eigenvalue weighted by atomic mass is 10.0. The molecule has 1 atom stereocenters. The van der Waals surface area contributed by atoms with Crippen molar-refractivity contribution in [3.8, 4) is 11.1 Å². The lowest BCUT2D eigenvalue weighted by Crippen LogP contribution is -2.40. The molecule has 40 heavy (non-hydrogen) atoms. The van der Waals surface area contributed by atoms with Gasteiger partial charge in [-0.3, -0.25) is 14.4 Å². The van der Waals surface area contributed by atoms with Crippen LogP contribution in [0.2, 0.25) is 5.02 Å². The van der Waals surface area contributed by atoms with Gasteiger partial charge >= 0.3 is 0 Å². The number of carbonyl (C=O) groups excluding carboxylic acids is 3. The van der Waals surface area contributed by atoms with Crippen LogP contribution in [0.25, 0.3) is 11.1 Å². The van der Waals surface area contributed by atoms with Gasteiger partial charge in [-0.05, 0) is 36.5 Å². The van der Waals surface area contributed by atoms with Crippen molar-refractivity contribution in [2.75, 3.05) is 12.3 Å². The van der Waals surface area contributed by atoms with E-state index in [1.807, 2.05) is 11.6 Å². The standard InChI is InChI=1S/C29H40ClN3O5S2/c1-5-6-11-29(36)33(15-14-28(35)31-23(19-39)16-20(2)3)18-22-12-13-24(26(30)17-22)25-9-7-8-10-27(25)40(37,38)32-21(4)34/h7-10,12-13,17,20,23,39H,5-6,11,14-16,18-19H2,1-4H3,(H,31,35)(H,32,34)/t23-/m1/s1. The number of nitrogens with one attached hydrogen (secondary N) is 2. The predicted molar refractivity (Wildman–Crippen MR) is 163 cm³/mol. The number of halogens is 1. The third kappa shape index (κ3) is 10.4. The summed E-state index contributed by atoms with van der Waals surface area (Å²) in [4.78, 5) is 38.7. The molecule has 0 spiro atoms. The average molecular weight is 610 g/mol. The molecule has 2 aromatic carbocycles. The maximum absolute atomic E-state index is 13.0. The molecule has 0 radical (unpaired) electrons. The van der Waals surface area contributed by atoms with E-state index in [0.29, 0.717) is 34.2 Å². The average Bonchev–Trinajstić information content (AvgIpc) is 2.88. The van der Waals surface area contributed by atoms with Crippen molar-refractivity contribution in [2.24, 2.45) is 5.92 Å². The number of hydrogen-bond donors (Lipinski definition) is 3. The quantitative estimate of drug-likeness (QED) is 0.240. The van der Waals surface area contributed by atoms with Gasteiger partial charge in [0.1, 0.15) is 0 Å². The summed E-state index contributed by atoms with van der Waals surface area (Å²) >= 11 is 11.0. The second-order valence-electron chi connectivity index (χ2n) is 10.2. The molecule has 3 amide bonds. The second-order valence-corrected chi connectivity index (χ2v) is 12.6. The van der Waals surface area contributed by atoms with Crippen molar-refractivity contribution in [1.29, 1.82) is 0 Å². The van der Waals surface area contributed by atoms with E-state index in [4.69, 9.17) is 11.6 Å². The molecule has 0 aliphatic carbocycles. The Kier molecular flexibility index (Phi) is 13.5. The van der Waals surface area contributed by atoms with E-state index in [0.717, 1.165) is 31.7 Å². The Balaban J connectivity index is 2.26. The Hall–Kier alpha value is -2.56. The number of carbonyl (C=O) groups is 3. The highest BCUT2D eigenvalue weighted by Crippen LogP contribution is 2.33. The van der Waals surface area contributed by atoms with Crippen molar-refractivity contribution in [1.82, 2.24) is 14.9 Å². The molecule has 0 unspecified atom stereocenters. The Bertz CT molecular complexity index is 1280. The predicted octanol–water partition coefficient (Wildman–Crippen LogP) is 5.20. The fourth-order valence-electron chi connectivity index (χ4n) is 4.33. The van der Waals surface area contributed by atoms with Crippen molar-refractivity contribution in [3.63, 3.8) is 0 Å². The molecule has 0 saturated heterocycles. The van der Waals surface area contributed by atoms with Crippen molar-refractivity contribution >= 4 is 52.0 Å². The third-order valence-corrected chi connectivity index (χ3v) is 8.44. The van der Waals surface area contributed by atoms with Crippen LogP contribution in [-0.2, 0) is 31.0 Å². The number of hydrogen-bond acceptors (Lipinski definition) is 6. The van der Waals surface area contributed by atoms with Crippen LogP contribution in [0.1, 0.15) is 65.4 Å². The van der Waals surface area contributed by atoms with Crippen LogP contribution in [0.4, 0.5) is 0 Å². The first-order valence-electron chi connectivity index (χ1n) is 13.5. The van der Waals surface area contributed by atoms with Crippen molar-refractivity contribution in [2.45, 2.75) is 77.3 Å². The molecule has 0 bridgehead atoms. The molecular formula is C29H40ClN3O5S2. The number of rotatable bonds is 15. The first kappa shape index (κ1) is 33.6. The number of amides is 3. The van der Waals surface area contributed by atoms with Crippen LogP contribution < -0.4 is 10.0 Å². The fraction of sp³-hybridized carbons (Fsp3) is 0.483. The molecule has 0 fully saturated rings. The summed E-state index contributed by atoms with van der Waals surface area (Å²) in [6, 6.07) is 11.4. The normalized spacial score (nSPS) is 12.2. The van der Waals surface area contributed by atoms with E-state index < -0.39 is 15.9 Å². The smallest absolute Gasteiger partial charge is 0.264 e. The van der Waals surface area contributed by atoms with E-state index in [1.165, 1.54) is 6.07 Å². The molecule has 0 saturated carbocycles. The lowest BCUT2D eigenvalue weighted by Gasteiger charge is -2.24. The lowest BCUT2D eigenvalue weighted by molar-refractivity contribution is -0.132. The van der Waals surface area contributed by atoms with Gasteiger partial charge in [0.2, 0.25) is 17.7 Å². The molecule has 220 valence electrons. The summed E-state index contributed by atoms with van der Waals surface area (Å²) in [5, 5.41) is 3.31. The third-order valence-electron chi connectivity index (χ3n) is 6.20. The van der Waals surface area contributed by atoms with Crippen molar-refractivity contribution < 1.29 is 22.8 Å². The van der Waals surface area contributed by atoms with Crippen molar-refractivity contribution in [3.05, 3.63) is 53.1 Å². The molecule has 2 rings (SSSR count). The van der Waals surface area contributed by atoms with Gasteiger partial charge in [-0.15, -0.1) is 0 Å². The highest BCUT2D eigenvalue weighted by Gasteiger charge is 2.22. The van der Waals surface area contributed by atoms with E-state index >= 15 is 0 Å². The van der Waals surface area contributed by atoms with E-state index in [1.54, 1.807) is 41.3 Å². The van der Waals surface area contributed by atoms with Crippen LogP contribution in [-0.4, -0.2) is 49.4 Å². The van der Waals surface area contributed by atoms with Crippen LogP contribution in [0, 0.1) is 5.92 Å². The summed E-state index contributed by atoms with van der Waals surface area (Å²) in [6.45, 7) is 7.83. The van der Waals surface area contributed by atoms with E-state index in [2.05, 4.69) is 31.8 Å². The largest absolute Gasteiger partial charge is 0.352 e. The number of sulfonamides is 1. The molecule has 2 aromatic rings. The second kappa shape index (κ2) is 16.0. The van der Waals surface area contributed by atoms with Gasteiger partial charge in [0.05, 0.1) is 4.90 Å². The number of benzene rings is 2. The Morgan fingerprint density at radius 1 is 1.05 bits per heavy atom. The molecular weight excluding hydrogens is 570 g/mol. The zero-order valence-corrected chi connectivity index (χ0v) is 26.0. The highest BCUT2D eigenvalue weighted by atomic mass is 35.5. The van der Waals surface area contributed by atoms with Crippen LogP contribution in [0.15, 0.2) is 47.4 Å². The number of unbranched alkanes of at least 4 members (excludes halogenated alkanes) is 1. The monoisotopic (exact) mass is 609 g/mol. The van der Waals surface area contributed by atoms with Crippen LogP contribution in [0.3, 0.4) is 0 Å². The summed E-state index contributed by atoms with van der Waals surface area (Å²) in [5.41, 5.74) is 1.57. The molecule has 11 heteroatoms. The molecule has 2 N–H and O–H groups in total. The molecule has 0 heterocycles. The molecule has 0 aliphatic rings. The summed E-state index contributed by atoms with van der Waals surface area (Å²) in [7, 11) is -4.09. The molecule has 0 aromatic heterocycles. The maximum atomic E-state index is 13.0. The fourth-order valence-corrected chi connectivity index (χ4v) is 6.08. The van der Waals surface area contributed by atoms with E-state index in [9.17, 15) is 22.8 Å². The maximum Gasteiger partial charge on any atom is 0.264 e. The summed E-state index contributed by atoms with van der Waals surface area (Å²) < 4.78 is 27.5. The topological polar surface area (TPSA) is 113 Å². The Morgan fingerprint density at radius 3 is 2.35 bits per heavy atom. The first-order chi connectivity index (χ1) is 18.9. The van der Waals surface area contributed by atoms with Gasteiger partial charge in [-0.1, -0.05) is 69.1 Å². The summed E-state index contributed by atoms with van der Waals surface area (Å²) in [6.07, 6.45) is 3.00.